The van der Waals surface area contributed by atoms with Crippen LogP contribution in [0, 0.1) is 6.92 Å². The maximum absolute atomic E-state index is 12.6. The summed E-state index contributed by atoms with van der Waals surface area (Å²) in [4.78, 5) is 28.2. The van der Waals surface area contributed by atoms with Gasteiger partial charge >= 0.3 is 5.97 Å². The SMILES string of the molecule is COC(=O)c1ccc2c(c1)nc(C)n2NC(=O)c1ccc(Cl)c(S(N)(=O)=O)c1. The Morgan fingerprint density at radius 2 is 1.86 bits per heavy atom. The summed E-state index contributed by atoms with van der Waals surface area (Å²) in [5, 5.41) is 5.03. The van der Waals surface area contributed by atoms with E-state index in [4.69, 9.17) is 16.7 Å². The molecule has 1 aromatic heterocycles. The molecular formula is C17H15ClN4O5S. The number of aromatic nitrogens is 2. The highest BCUT2D eigenvalue weighted by Gasteiger charge is 2.18. The van der Waals surface area contributed by atoms with Crippen molar-refractivity contribution in [2.75, 3.05) is 12.5 Å². The lowest BCUT2D eigenvalue weighted by atomic mass is 10.2. The molecule has 0 bridgehead atoms. The fourth-order valence-electron chi connectivity index (χ4n) is 2.62. The molecule has 0 saturated carbocycles. The third kappa shape index (κ3) is 3.70. The normalized spacial score (nSPS) is 11.4. The number of carbonyl (C=O) groups is 2. The van der Waals surface area contributed by atoms with Crippen molar-refractivity contribution in [3.05, 3.63) is 58.4 Å². The van der Waals surface area contributed by atoms with Gasteiger partial charge in [0.2, 0.25) is 10.0 Å². The fourth-order valence-corrected chi connectivity index (χ4v) is 3.69. The number of sulfonamides is 1. The van der Waals surface area contributed by atoms with Gasteiger partial charge in [0.05, 0.1) is 28.7 Å². The van der Waals surface area contributed by atoms with Crippen LogP contribution in [0.5, 0.6) is 0 Å². The molecule has 1 amide bonds. The number of nitrogens with two attached hydrogens (primary N) is 1. The van der Waals surface area contributed by atoms with E-state index in [1.54, 1.807) is 19.1 Å². The highest BCUT2D eigenvalue weighted by molar-refractivity contribution is 7.89. The second kappa shape index (κ2) is 7.23. The molecule has 9 nitrogen and oxygen atoms in total. The number of hydrogen-bond acceptors (Lipinski definition) is 6. The van der Waals surface area contributed by atoms with Gasteiger partial charge in [-0.2, -0.15) is 0 Å². The Balaban J connectivity index is 1.98. The number of hydrogen-bond donors (Lipinski definition) is 2. The predicted octanol–water partition coefficient (Wildman–Crippen LogP) is 1.82. The molecule has 3 N–H and O–H groups in total. The Labute approximate surface area is 165 Å². The van der Waals surface area contributed by atoms with E-state index in [2.05, 4.69) is 15.1 Å². The van der Waals surface area contributed by atoms with Gasteiger partial charge in [-0.05, 0) is 43.3 Å². The third-order valence-corrected chi connectivity index (χ3v) is 5.35. The summed E-state index contributed by atoms with van der Waals surface area (Å²) in [6.45, 7) is 1.66. The Bertz CT molecular complexity index is 1220. The number of carbonyl (C=O) groups excluding carboxylic acids is 2. The number of primary sulfonamides is 1. The molecule has 146 valence electrons. The van der Waals surface area contributed by atoms with E-state index in [0.717, 1.165) is 6.07 Å². The van der Waals surface area contributed by atoms with Gasteiger partial charge < -0.3 is 4.74 Å². The lowest BCUT2D eigenvalue weighted by Crippen LogP contribution is -2.24. The lowest BCUT2D eigenvalue weighted by molar-refractivity contribution is 0.0600. The van der Waals surface area contributed by atoms with E-state index in [0.29, 0.717) is 22.4 Å². The number of benzene rings is 2. The van der Waals surface area contributed by atoms with Gasteiger partial charge in [0.1, 0.15) is 10.7 Å². The van der Waals surface area contributed by atoms with Gasteiger partial charge in [-0.25, -0.2) is 28.0 Å². The van der Waals surface area contributed by atoms with Gasteiger partial charge in [0, 0.05) is 5.56 Å². The molecule has 0 spiro atoms. The summed E-state index contributed by atoms with van der Waals surface area (Å²) < 4.78 is 29.3. The fraction of sp³-hybridized carbons (Fsp3) is 0.118. The number of fused-ring (bicyclic) bond motifs is 1. The smallest absolute Gasteiger partial charge is 0.337 e. The van der Waals surface area contributed by atoms with Crippen LogP contribution in [-0.2, 0) is 14.8 Å². The van der Waals surface area contributed by atoms with Crippen LogP contribution in [0.3, 0.4) is 0 Å². The number of amides is 1. The number of aryl methyl sites for hydroxylation is 1. The first-order valence-electron chi connectivity index (χ1n) is 7.83. The third-order valence-electron chi connectivity index (χ3n) is 3.96. The number of nitrogens with one attached hydrogen (secondary N) is 1. The quantitative estimate of drug-likeness (QED) is 0.616. The zero-order valence-corrected chi connectivity index (χ0v) is 16.3. The highest BCUT2D eigenvalue weighted by atomic mass is 35.5. The van der Waals surface area contributed by atoms with Crippen molar-refractivity contribution >= 4 is 44.5 Å². The second-order valence-corrected chi connectivity index (χ2v) is 7.76. The van der Waals surface area contributed by atoms with Crippen molar-refractivity contribution in [1.29, 1.82) is 0 Å². The Morgan fingerprint density at radius 3 is 2.50 bits per heavy atom. The van der Waals surface area contributed by atoms with Crippen molar-refractivity contribution < 1.29 is 22.7 Å². The Kier molecular flexibility index (Phi) is 5.11. The molecule has 0 aliphatic heterocycles. The zero-order valence-electron chi connectivity index (χ0n) is 14.8. The number of imidazole rings is 1. The first-order valence-corrected chi connectivity index (χ1v) is 9.75. The van der Waals surface area contributed by atoms with Gasteiger partial charge in [-0.1, -0.05) is 11.6 Å². The van der Waals surface area contributed by atoms with E-state index < -0.39 is 21.9 Å². The Hall–Kier alpha value is -2.95. The first-order chi connectivity index (χ1) is 13.1. The first kappa shape index (κ1) is 19.8. The van der Waals surface area contributed by atoms with E-state index in [9.17, 15) is 18.0 Å². The molecule has 0 radical (unpaired) electrons. The van der Waals surface area contributed by atoms with Crippen LogP contribution in [-0.4, -0.2) is 37.1 Å². The molecule has 3 aromatic rings. The maximum atomic E-state index is 12.6. The number of methoxy groups -OCH3 is 1. The van der Waals surface area contributed by atoms with Gasteiger partial charge in [0.15, 0.2) is 0 Å². The van der Waals surface area contributed by atoms with E-state index >= 15 is 0 Å². The summed E-state index contributed by atoms with van der Waals surface area (Å²) in [7, 11) is -2.81. The minimum Gasteiger partial charge on any atom is -0.465 e. The summed E-state index contributed by atoms with van der Waals surface area (Å²) in [5.41, 5.74) is 4.01. The van der Waals surface area contributed by atoms with Gasteiger partial charge in [0.25, 0.3) is 5.91 Å². The van der Waals surface area contributed by atoms with Crippen LogP contribution in [0.4, 0.5) is 0 Å². The number of rotatable bonds is 4. The standard InChI is InChI=1S/C17H15ClN4O5S/c1-9-20-13-7-11(17(24)27-2)4-6-14(13)22(9)21-16(23)10-3-5-12(18)15(8-10)28(19,25)26/h3-8H,1-2H3,(H,21,23)(H2,19,25,26). The second-order valence-electron chi connectivity index (χ2n) is 5.82. The van der Waals surface area contributed by atoms with Crippen LogP contribution in [0.1, 0.15) is 26.5 Å². The molecule has 0 aliphatic rings. The van der Waals surface area contributed by atoms with E-state index in [-0.39, 0.29) is 15.5 Å². The number of ether oxygens (including phenoxy) is 1. The number of nitrogens with zero attached hydrogens (tertiary/aromatic N) is 2. The summed E-state index contributed by atoms with van der Waals surface area (Å²) in [6.07, 6.45) is 0. The van der Waals surface area contributed by atoms with E-state index in [1.807, 2.05) is 0 Å². The minimum atomic E-state index is -4.08. The van der Waals surface area contributed by atoms with Crippen LogP contribution >= 0.6 is 11.6 Å². The van der Waals surface area contributed by atoms with E-state index in [1.165, 1.54) is 30.0 Å². The largest absolute Gasteiger partial charge is 0.465 e. The minimum absolute atomic E-state index is 0.0425. The molecule has 0 fully saturated rings. The average molecular weight is 423 g/mol. The highest BCUT2D eigenvalue weighted by Crippen LogP contribution is 2.22. The summed E-state index contributed by atoms with van der Waals surface area (Å²) in [5.74, 6) is -0.651. The van der Waals surface area contributed by atoms with Crippen molar-refractivity contribution in [2.24, 2.45) is 5.14 Å². The number of esters is 1. The zero-order chi connectivity index (χ0) is 20.6. The lowest BCUT2D eigenvalue weighted by Gasteiger charge is -2.10. The molecule has 11 heteroatoms. The monoisotopic (exact) mass is 422 g/mol. The molecular weight excluding hydrogens is 408 g/mol. The molecule has 0 aliphatic carbocycles. The van der Waals surface area contributed by atoms with Gasteiger partial charge in [-0.3, -0.25) is 10.2 Å². The molecule has 28 heavy (non-hydrogen) atoms. The molecule has 0 atom stereocenters. The predicted molar refractivity (Wildman–Crippen MR) is 102 cm³/mol. The average Bonchev–Trinajstić information content (AvgIpc) is 2.94. The maximum Gasteiger partial charge on any atom is 0.337 e. The molecule has 3 rings (SSSR count). The molecule has 0 unspecified atom stereocenters. The van der Waals surface area contributed by atoms with Crippen LogP contribution in [0.25, 0.3) is 11.0 Å². The van der Waals surface area contributed by atoms with Crippen LogP contribution in [0.15, 0.2) is 41.3 Å². The van der Waals surface area contributed by atoms with Crippen molar-refractivity contribution in [3.63, 3.8) is 0 Å². The van der Waals surface area contributed by atoms with Crippen LogP contribution < -0.4 is 10.6 Å². The summed E-state index contributed by atoms with van der Waals surface area (Å²) in [6, 6.07) is 8.43. The van der Waals surface area contributed by atoms with Crippen LogP contribution in [0.2, 0.25) is 5.02 Å². The molecule has 1 heterocycles. The van der Waals surface area contributed by atoms with Crippen molar-refractivity contribution in [3.8, 4) is 0 Å². The Morgan fingerprint density at radius 1 is 1.18 bits per heavy atom. The molecule has 0 saturated heterocycles. The van der Waals surface area contributed by atoms with Crippen molar-refractivity contribution in [2.45, 2.75) is 11.8 Å². The topological polar surface area (TPSA) is 133 Å². The van der Waals surface area contributed by atoms with Crippen molar-refractivity contribution in [1.82, 2.24) is 9.66 Å². The molecule has 2 aromatic carbocycles. The van der Waals surface area contributed by atoms with Gasteiger partial charge in [-0.15, -0.1) is 0 Å². The number of halogens is 1. The summed E-state index contributed by atoms with van der Waals surface area (Å²) >= 11 is 5.84.